The summed E-state index contributed by atoms with van der Waals surface area (Å²) in [6.07, 6.45) is 1.09. The molecule has 1 aromatic rings. The molecule has 1 fully saturated rings. The van der Waals surface area contributed by atoms with Gasteiger partial charge in [-0.25, -0.2) is 13.1 Å². The minimum absolute atomic E-state index is 0.287. The Morgan fingerprint density at radius 2 is 1.81 bits per heavy atom. The Labute approximate surface area is 128 Å². The molecular formula is C16H26N2O2S. The van der Waals surface area contributed by atoms with E-state index in [1.165, 1.54) is 0 Å². The largest absolute Gasteiger partial charge is 0.310 e. The topological polar surface area (TPSA) is 58.2 Å². The van der Waals surface area contributed by atoms with Crippen LogP contribution < -0.4 is 10.0 Å². The van der Waals surface area contributed by atoms with Gasteiger partial charge >= 0.3 is 0 Å². The number of hydrogen-bond donors (Lipinski definition) is 2. The van der Waals surface area contributed by atoms with Gasteiger partial charge in [0.15, 0.2) is 0 Å². The summed E-state index contributed by atoms with van der Waals surface area (Å²) in [5.41, 5.74) is 1.38. The Hall–Kier alpha value is -0.910. The van der Waals surface area contributed by atoms with Gasteiger partial charge in [0.2, 0.25) is 10.0 Å². The van der Waals surface area contributed by atoms with Crippen molar-refractivity contribution in [3.63, 3.8) is 0 Å². The lowest BCUT2D eigenvalue weighted by Crippen LogP contribution is -2.27. The van der Waals surface area contributed by atoms with Gasteiger partial charge in [-0.2, -0.15) is 0 Å². The average Bonchev–Trinajstić information content (AvgIpc) is 3.02. The Kier molecular flexibility index (Phi) is 4.76. The van der Waals surface area contributed by atoms with Crippen molar-refractivity contribution >= 4 is 10.0 Å². The first-order chi connectivity index (χ1) is 9.71. The van der Waals surface area contributed by atoms with Crippen LogP contribution in [0.1, 0.15) is 39.7 Å². The van der Waals surface area contributed by atoms with Crippen molar-refractivity contribution in [2.45, 2.75) is 51.6 Å². The quantitative estimate of drug-likeness (QED) is 0.813. The third-order valence-corrected chi connectivity index (χ3v) is 5.62. The fourth-order valence-corrected chi connectivity index (χ4v) is 3.41. The molecule has 1 saturated carbocycles. The van der Waals surface area contributed by atoms with Crippen LogP contribution in [0.5, 0.6) is 0 Å². The minimum atomic E-state index is -3.38. The molecular weight excluding hydrogens is 284 g/mol. The van der Waals surface area contributed by atoms with Gasteiger partial charge in [0.25, 0.3) is 0 Å². The zero-order chi connectivity index (χ0) is 15.7. The van der Waals surface area contributed by atoms with Crippen LogP contribution in [0.3, 0.4) is 0 Å². The van der Waals surface area contributed by atoms with Gasteiger partial charge in [-0.3, -0.25) is 0 Å². The molecule has 0 heterocycles. The number of benzene rings is 1. The highest BCUT2D eigenvalue weighted by Gasteiger charge is 2.45. The SMILES string of the molecule is CC(C)NCc1ccc(S(=O)(=O)NCC2CC2(C)C)cc1. The number of rotatable bonds is 7. The maximum Gasteiger partial charge on any atom is 0.240 e. The summed E-state index contributed by atoms with van der Waals surface area (Å²) in [6, 6.07) is 7.50. The van der Waals surface area contributed by atoms with Crippen LogP contribution in [0.4, 0.5) is 0 Å². The molecule has 0 amide bonds. The fourth-order valence-electron chi connectivity index (χ4n) is 2.33. The molecule has 5 heteroatoms. The summed E-state index contributed by atoms with van der Waals surface area (Å²) in [7, 11) is -3.38. The van der Waals surface area contributed by atoms with E-state index < -0.39 is 10.0 Å². The maximum atomic E-state index is 12.2. The van der Waals surface area contributed by atoms with E-state index in [-0.39, 0.29) is 5.41 Å². The number of sulfonamides is 1. The summed E-state index contributed by atoms with van der Waals surface area (Å²) in [6.45, 7) is 9.79. The van der Waals surface area contributed by atoms with E-state index >= 15 is 0 Å². The second-order valence-electron chi connectivity index (χ2n) is 6.92. The van der Waals surface area contributed by atoms with Gasteiger partial charge in [-0.05, 0) is 35.4 Å². The van der Waals surface area contributed by atoms with E-state index in [1.807, 2.05) is 12.1 Å². The summed E-state index contributed by atoms with van der Waals surface area (Å²) in [5, 5.41) is 3.31. The highest BCUT2D eigenvalue weighted by molar-refractivity contribution is 7.89. The van der Waals surface area contributed by atoms with E-state index in [9.17, 15) is 8.42 Å². The third-order valence-electron chi connectivity index (χ3n) is 4.19. The van der Waals surface area contributed by atoms with Crippen molar-refractivity contribution in [2.75, 3.05) is 6.54 Å². The van der Waals surface area contributed by atoms with Crippen LogP contribution in [-0.2, 0) is 16.6 Å². The molecule has 4 nitrogen and oxygen atoms in total. The fraction of sp³-hybridized carbons (Fsp3) is 0.625. The third kappa shape index (κ3) is 4.53. The Morgan fingerprint density at radius 1 is 1.24 bits per heavy atom. The smallest absolute Gasteiger partial charge is 0.240 e. The van der Waals surface area contributed by atoms with Crippen LogP contribution in [0.15, 0.2) is 29.2 Å². The van der Waals surface area contributed by atoms with Crippen LogP contribution in [0, 0.1) is 11.3 Å². The molecule has 0 radical (unpaired) electrons. The minimum Gasteiger partial charge on any atom is -0.310 e. The summed E-state index contributed by atoms with van der Waals surface area (Å²) >= 11 is 0. The molecule has 0 bridgehead atoms. The van der Waals surface area contributed by atoms with Crippen molar-refractivity contribution in [2.24, 2.45) is 11.3 Å². The molecule has 0 aromatic heterocycles. The summed E-state index contributed by atoms with van der Waals surface area (Å²) < 4.78 is 27.2. The molecule has 0 aliphatic heterocycles. The van der Waals surface area contributed by atoms with Crippen molar-refractivity contribution < 1.29 is 8.42 Å². The normalized spacial score (nSPS) is 20.7. The highest BCUT2D eigenvalue weighted by Crippen LogP contribution is 2.51. The van der Waals surface area contributed by atoms with E-state index in [0.717, 1.165) is 18.5 Å². The van der Waals surface area contributed by atoms with Gasteiger partial charge in [0.05, 0.1) is 4.90 Å². The lowest BCUT2D eigenvalue weighted by Gasteiger charge is -2.10. The number of hydrogen-bond acceptors (Lipinski definition) is 3. The first-order valence-corrected chi connectivity index (χ1v) is 9.01. The molecule has 118 valence electrons. The second kappa shape index (κ2) is 6.07. The zero-order valence-electron chi connectivity index (χ0n) is 13.3. The Bertz CT molecular complexity index is 577. The van der Waals surface area contributed by atoms with Crippen LogP contribution in [0.25, 0.3) is 0 Å². The van der Waals surface area contributed by atoms with E-state index in [0.29, 0.717) is 23.4 Å². The molecule has 1 unspecified atom stereocenters. The molecule has 2 rings (SSSR count). The molecule has 1 aromatic carbocycles. The molecule has 0 saturated heterocycles. The van der Waals surface area contributed by atoms with Crippen LogP contribution in [0.2, 0.25) is 0 Å². The van der Waals surface area contributed by atoms with E-state index in [2.05, 4.69) is 37.7 Å². The molecule has 1 aliphatic carbocycles. The molecule has 1 aliphatic rings. The summed E-state index contributed by atoms with van der Waals surface area (Å²) in [5.74, 6) is 0.460. The van der Waals surface area contributed by atoms with E-state index in [4.69, 9.17) is 0 Å². The molecule has 2 N–H and O–H groups in total. The Morgan fingerprint density at radius 3 is 2.29 bits per heavy atom. The van der Waals surface area contributed by atoms with Crippen LogP contribution in [-0.4, -0.2) is 21.0 Å². The molecule has 0 spiro atoms. The van der Waals surface area contributed by atoms with Gasteiger partial charge in [0, 0.05) is 19.1 Å². The lowest BCUT2D eigenvalue weighted by atomic mass is 10.1. The molecule has 1 atom stereocenters. The first kappa shape index (κ1) is 16.5. The monoisotopic (exact) mass is 310 g/mol. The highest BCUT2D eigenvalue weighted by atomic mass is 32.2. The van der Waals surface area contributed by atoms with Gasteiger partial charge in [-0.15, -0.1) is 0 Å². The van der Waals surface area contributed by atoms with Crippen LogP contribution >= 0.6 is 0 Å². The van der Waals surface area contributed by atoms with Crippen molar-refractivity contribution in [1.82, 2.24) is 10.0 Å². The first-order valence-electron chi connectivity index (χ1n) is 7.53. The average molecular weight is 310 g/mol. The maximum absolute atomic E-state index is 12.2. The summed E-state index contributed by atoms with van der Waals surface area (Å²) in [4.78, 5) is 0.342. The van der Waals surface area contributed by atoms with Gasteiger partial charge in [-0.1, -0.05) is 39.8 Å². The Balaban J connectivity index is 1.93. The van der Waals surface area contributed by atoms with Gasteiger partial charge < -0.3 is 5.32 Å². The van der Waals surface area contributed by atoms with Gasteiger partial charge in [0.1, 0.15) is 0 Å². The lowest BCUT2D eigenvalue weighted by molar-refractivity contribution is 0.537. The predicted octanol–water partition coefficient (Wildman–Crippen LogP) is 2.51. The number of nitrogens with one attached hydrogen (secondary N) is 2. The molecule has 21 heavy (non-hydrogen) atoms. The van der Waals surface area contributed by atoms with Crippen molar-refractivity contribution in [3.05, 3.63) is 29.8 Å². The second-order valence-corrected chi connectivity index (χ2v) is 8.69. The zero-order valence-corrected chi connectivity index (χ0v) is 14.1. The van der Waals surface area contributed by atoms with Crippen molar-refractivity contribution in [1.29, 1.82) is 0 Å². The predicted molar refractivity (Wildman–Crippen MR) is 85.5 cm³/mol. The standard InChI is InChI=1S/C16H26N2O2S/c1-12(2)17-10-13-5-7-15(8-6-13)21(19,20)18-11-14-9-16(14,3)4/h5-8,12,14,17-18H,9-11H2,1-4H3. The van der Waals surface area contributed by atoms with E-state index in [1.54, 1.807) is 12.1 Å². The van der Waals surface area contributed by atoms with Crippen molar-refractivity contribution in [3.8, 4) is 0 Å².